The third kappa shape index (κ3) is 3.78. The molecule has 0 unspecified atom stereocenters. The molecule has 2 fully saturated rings. The molecule has 4 N–H and O–H groups in total. The van der Waals surface area contributed by atoms with Crippen molar-refractivity contribution in [2.24, 2.45) is 11.8 Å². The van der Waals surface area contributed by atoms with Gasteiger partial charge in [-0.05, 0) is 13.3 Å². The highest BCUT2D eigenvalue weighted by Gasteiger charge is 2.60. The summed E-state index contributed by atoms with van der Waals surface area (Å²) in [5.41, 5.74) is -0.102. The minimum Gasteiger partial charge on any atom is -0.477 e. The predicted molar refractivity (Wildman–Crippen MR) is 103 cm³/mol. The maximum Gasteiger partial charge on any atom is 0.353 e. The molecular formula is C18H24F2N4O5S. The van der Waals surface area contributed by atoms with Crippen molar-refractivity contribution in [3.63, 3.8) is 0 Å². The molecule has 166 valence electrons. The van der Waals surface area contributed by atoms with Crippen LogP contribution in [-0.4, -0.2) is 77.1 Å². The average Bonchev–Trinajstić information content (AvgIpc) is 3.23. The molecule has 2 saturated heterocycles. The number of carboxylic acids is 1. The van der Waals surface area contributed by atoms with E-state index in [1.165, 1.54) is 23.6 Å². The molecule has 3 heterocycles. The molecule has 0 bridgehead atoms. The highest BCUT2D eigenvalue weighted by molar-refractivity contribution is 8.03. The molecule has 0 aromatic rings. The maximum absolute atomic E-state index is 12.7. The number of rotatable bonds is 7. The van der Waals surface area contributed by atoms with Gasteiger partial charge in [-0.25, -0.2) is 4.79 Å². The van der Waals surface area contributed by atoms with Gasteiger partial charge in [0.05, 0.1) is 18.0 Å². The molecule has 3 aliphatic rings. The number of nitrogens with one attached hydrogen (secondary N) is 3. The number of amides is 3. The van der Waals surface area contributed by atoms with Crippen molar-refractivity contribution in [2.45, 2.75) is 50.1 Å². The van der Waals surface area contributed by atoms with Crippen LogP contribution < -0.4 is 16.0 Å². The lowest BCUT2D eigenvalue weighted by Gasteiger charge is -2.47. The molecule has 3 aliphatic heterocycles. The standard InChI is InChI=1S/C18H24F2N4O5S/c1-6-11-10(7(2)23-16(26)14(19)20)17(27)24(11)12(18(28)29)13(6)30-8-4-9(22-5-8)15(25)21-3/h6-11,14,22H,4-5H2,1-3H3,(H,21,25)(H,23,26)(H,28,29)/t6-,7-,8+,9+,10-,11-/m1/s1. The Morgan fingerprint density at radius 1 is 1.33 bits per heavy atom. The molecule has 0 aromatic heterocycles. The van der Waals surface area contributed by atoms with Crippen LogP contribution in [0.2, 0.25) is 0 Å². The number of carboxylic acid groups (broad SMARTS) is 1. The highest BCUT2D eigenvalue weighted by Crippen LogP contribution is 2.51. The van der Waals surface area contributed by atoms with Crippen LogP contribution in [0.5, 0.6) is 0 Å². The number of halogens is 2. The highest BCUT2D eigenvalue weighted by atomic mass is 32.2. The van der Waals surface area contributed by atoms with Crippen molar-refractivity contribution in [1.29, 1.82) is 0 Å². The molecule has 0 saturated carbocycles. The largest absolute Gasteiger partial charge is 0.477 e. The zero-order valence-electron chi connectivity index (χ0n) is 16.6. The minimum atomic E-state index is -3.19. The third-order valence-electron chi connectivity index (χ3n) is 5.85. The van der Waals surface area contributed by atoms with E-state index in [4.69, 9.17) is 0 Å². The first-order valence-electron chi connectivity index (χ1n) is 9.59. The molecule has 30 heavy (non-hydrogen) atoms. The second-order valence-corrected chi connectivity index (χ2v) is 9.02. The molecule has 12 heteroatoms. The van der Waals surface area contributed by atoms with Gasteiger partial charge in [0.1, 0.15) is 5.70 Å². The van der Waals surface area contributed by atoms with Gasteiger partial charge < -0.3 is 26.0 Å². The number of carbonyl (C=O) groups is 4. The van der Waals surface area contributed by atoms with Crippen molar-refractivity contribution < 1.29 is 33.1 Å². The second-order valence-electron chi connectivity index (χ2n) is 7.68. The molecule has 0 radical (unpaired) electrons. The molecule has 0 aromatic carbocycles. The number of aliphatic carboxylic acids is 1. The van der Waals surface area contributed by atoms with Crippen LogP contribution in [0.4, 0.5) is 8.78 Å². The van der Waals surface area contributed by atoms with E-state index in [1.54, 1.807) is 14.0 Å². The monoisotopic (exact) mass is 446 g/mol. The number of alkyl halides is 2. The maximum atomic E-state index is 12.7. The van der Waals surface area contributed by atoms with E-state index in [1.807, 2.05) is 0 Å². The van der Waals surface area contributed by atoms with Crippen molar-refractivity contribution in [3.05, 3.63) is 10.6 Å². The SMILES string of the molecule is CNC(=O)[C@@H]1C[C@H](SC2=C(C(=O)O)N3C(=O)[C@H]([C@@H](C)NC(=O)C(F)F)[C@H]3[C@H]2C)CN1. The smallest absolute Gasteiger partial charge is 0.353 e. The molecule has 3 rings (SSSR count). The van der Waals surface area contributed by atoms with Gasteiger partial charge in [-0.1, -0.05) is 6.92 Å². The zero-order valence-corrected chi connectivity index (χ0v) is 17.5. The van der Waals surface area contributed by atoms with Crippen LogP contribution in [0.1, 0.15) is 20.3 Å². The summed E-state index contributed by atoms with van der Waals surface area (Å²) in [7, 11) is 1.54. The number of β-lactam (4-membered cyclic amide) rings is 1. The van der Waals surface area contributed by atoms with E-state index in [0.29, 0.717) is 17.9 Å². The fourth-order valence-corrected chi connectivity index (χ4v) is 5.90. The average molecular weight is 446 g/mol. The van der Waals surface area contributed by atoms with Gasteiger partial charge in [0, 0.05) is 35.7 Å². The Balaban J connectivity index is 1.76. The molecular weight excluding hydrogens is 422 g/mol. The predicted octanol–water partition coefficient (Wildman–Crippen LogP) is -0.261. The van der Waals surface area contributed by atoms with Crippen molar-refractivity contribution >= 4 is 35.5 Å². The molecule has 0 aliphatic carbocycles. The summed E-state index contributed by atoms with van der Waals surface area (Å²) in [6, 6.07) is -1.75. The van der Waals surface area contributed by atoms with Gasteiger partial charge in [0.2, 0.25) is 11.8 Å². The Morgan fingerprint density at radius 2 is 2.00 bits per heavy atom. The van der Waals surface area contributed by atoms with E-state index in [0.717, 1.165) is 0 Å². The summed E-state index contributed by atoms with van der Waals surface area (Å²) in [4.78, 5) is 49.5. The van der Waals surface area contributed by atoms with E-state index < -0.39 is 42.2 Å². The fraction of sp³-hybridized carbons (Fsp3) is 0.667. The summed E-state index contributed by atoms with van der Waals surface area (Å²) in [5, 5.41) is 17.5. The third-order valence-corrected chi connectivity index (χ3v) is 7.36. The van der Waals surface area contributed by atoms with Crippen LogP contribution in [0.15, 0.2) is 10.6 Å². The van der Waals surface area contributed by atoms with E-state index in [2.05, 4.69) is 16.0 Å². The van der Waals surface area contributed by atoms with E-state index >= 15 is 0 Å². The number of carbonyl (C=O) groups excluding carboxylic acids is 3. The summed E-state index contributed by atoms with van der Waals surface area (Å²) in [6.07, 6.45) is -2.68. The lowest BCUT2D eigenvalue weighted by molar-refractivity contribution is -0.159. The zero-order chi connectivity index (χ0) is 22.3. The summed E-state index contributed by atoms with van der Waals surface area (Å²) in [5.74, 6) is -4.47. The summed E-state index contributed by atoms with van der Waals surface area (Å²) < 4.78 is 25.1. The first-order valence-corrected chi connectivity index (χ1v) is 10.5. The van der Waals surface area contributed by atoms with Gasteiger partial charge in [-0.3, -0.25) is 14.4 Å². The molecule has 9 nitrogen and oxygen atoms in total. The van der Waals surface area contributed by atoms with Crippen LogP contribution >= 0.6 is 11.8 Å². The second kappa shape index (κ2) is 8.50. The molecule has 0 spiro atoms. The first kappa shape index (κ1) is 22.5. The Labute approximate surface area is 176 Å². The van der Waals surface area contributed by atoms with Gasteiger partial charge in [0.25, 0.3) is 5.91 Å². The molecule has 3 amide bonds. The van der Waals surface area contributed by atoms with Gasteiger partial charge in [-0.15, -0.1) is 11.8 Å². The van der Waals surface area contributed by atoms with E-state index in [-0.39, 0.29) is 28.8 Å². The Hall–Kier alpha value is -2.21. The van der Waals surface area contributed by atoms with Gasteiger partial charge in [0.15, 0.2) is 0 Å². The molecule has 6 atom stereocenters. The van der Waals surface area contributed by atoms with Crippen molar-refractivity contribution in [3.8, 4) is 0 Å². The van der Waals surface area contributed by atoms with Gasteiger partial charge >= 0.3 is 12.4 Å². The van der Waals surface area contributed by atoms with Crippen molar-refractivity contribution in [2.75, 3.05) is 13.6 Å². The van der Waals surface area contributed by atoms with E-state index in [9.17, 15) is 33.1 Å². The normalized spacial score (nSPS) is 31.5. The summed E-state index contributed by atoms with van der Waals surface area (Å²) >= 11 is 1.33. The van der Waals surface area contributed by atoms with Crippen LogP contribution in [0.25, 0.3) is 0 Å². The van der Waals surface area contributed by atoms with Crippen molar-refractivity contribution in [1.82, 2.24) is 20.9 Å². The number of hydrogen-bond donors (Lipinski definition) is 4. The quantitative estimate of drug-likeness (QED) is 0.397. The lowest BCUT2D eigenvalue weighted by atomic mass is 9.78. The number of hydrogen-bond acceptors (Lipinski definition) is 6. The minimum absolute atomic E-state index is 0.0534. The number of fused-ring (bicyclic) bond motifs is 1. The number of nitrogens with zero attached hydrogens (tertiary/aromatic N) is 1. The Morgan fingerprint density at radius 3 is 2.57 bits per heavy atom. The topological polar surface area (TPSA) is 128 Å². The fourth-order valence-electron chi connectivity index (χ4n) is 4.42. The number of likely N-dealkylation sites (N-methyl/N-ethyl adjacent to an activating group) is 1. The van der Waals surface area contributed by atoms with Gasteiger partial charge in [-0.2, -0.15) is 8.78 Å². The van der Waals surface area contributed by atoms with Crippen LogP contribution in [0, 0.1) is 11.8 Å². The Kier molecular flexibility index (Phi) is 6.37. The van der Waals surface area contributed by atoms with Crippen LogP contribution in [0.3, 0.4) is 0 Å². The Bertz CT molecular complexity index is 807. The number of thioether (sulfide) groups is 1. The summed E-state index contributed by atoms with van der Waals surface area (Å²) in [6.45, 7) is 3.76. The first-order chi connectivity index (χ1) is 14.1. The van der Waals surface area contributed by atoms with Crippen LogP contribution in [-0.2, 0) is 19.2 Å². The lowest BCUT2D eigenvalue weighted by Crippen LogP contribution is -2.66.